The van der Waals surface area contributed by atoms with Crippen LogP contribution in [0.25, 0.3) is 0 Å². The lowest BCUT2D eigenvalue weighted by atomic mass is 10.4. The first-order valence-corrected chi connectivity index (χ1v) is 8.24. The highest BCUT2D eigenvalue weighted by Crippen LogP contribution is 2.44. The molecule has 4 heteroatoms. The molecule has 3 aromatic rings. The predicted molar refractivity (Wildman–Crippen MR) is 86.1 cm³/mol. The van der Waals surface area contributed by atoms with Crippen LogP contribution in [0.3, 0.4) is 0 Å². The summed E-state index contributed by atoms with van der Waals surface area (Å²) in [6, 6.07) is 20.5. The van der Waals surface area contributed by atoms with Gasteiger partial charge in [-0.1, -0.05) is 36.4 Å². The monoisotopic (exact) mass is 295 g/mol. The van der Waals surface area contributed by atoms with Gasteiger partial charge in [-0.05, 0) is 30.3 Å². The molecule has 3 rings (SSSR count). The van der Waals surface area contributed by atoms with Crippen molar-refractivity contribution in [3.8, 4) is 0 Å². The minimum Gasteiger partial charge on any atom is -0.472 e. The van der Waals surface area contributed by atoms with E-state index in [1.54, 1.807) is 24.8 Å². The molecular formula is C17H14NO2P. The Kier molecular flexibility index (Phi) is 3.85. The van der Waals surface area contributed by atoms with Crippen molar-refractivity contribution < 1.29 is 8.98 Å². The summed E-state index contributed by atoms with van der Waals surface area (Å²) in [5, 5.41) is 1.44. The molecule has 0 atom stereocenters. The standard InChI is InChI=1S/C17H14NO2P/c19-21(16-7-3-1-4-8-16,17-9-5-2-6-10-17)18-13-15-11-12-20-14-15/h1-14H/b18-13+. The lowest BCUT2D eigenvalue weighted by Crippen LogP contribution is -2.14. The Labute approximate surface area is 123 Å². The summed E-state index contributed by atoms with van der Waals surface area (Å²) in [6.45, 7) is 0. The number of benzene rings is 2. The van der Waals surface area contributed by atoms with Crippen LogP contribution in [0.15, 0.2) is 88.4 Å². The minimum atomic E-state index is -3.04. The van der Waals surface area contributed by atoms with Gasteiger partial charge < -0.3 is 4.42 Å². The van der Waals surface area contributed by atoms with Gasteiger partial charge in [0, 0.05) is 22.4 Å². The van der Waals surface area contributed by atoms with Gasteiger partial charge >= 0.3 is 0 Å². The predicted octanol–water partition coefficient (Wildman–Crippen LogP) is 3.63. The second-order valence-electron chi connectivity index (χ2n) is 4.55. The largest absolute Gasteiger partial charge is 0.472 e. The van der Waals surface area contributed by atoms with Crippen LogP contribution in [-0.2, 0) is 4.57 Å². The van der Waals surface area contributed by atoms with Crippen LogP contribution in [0.4, 0.5) is 0 Å². The molecule has 0 bridgehead atoms. The third kappa shape index (κ3) is 2.88. The van der Waals surface area contributed by atoms with Crippen LogP contribution >= 0.6 is 7.29 Å². The Balaban J connectivity index is 2.10. The van der Waals surface area contributed by atoms with Crippen LogP contribution in [0.1, 0.15) is 5.56 Å². The Morgan fingerprint density at radius 2 is 1.43 bits per heavy atom. The van der Waals surface area contributed by atoms with Gasteiger partial charge in [-0.25, -0.2) is 4.76 Å². The van der Waals surface area contributed by atoms with Gasteiger partial charge in [0.25, 0.3) is 0 Å². The molecule has 2 aromatic carbocycles. The van der Waals surface area contributed by atoms with E-state index in [4.69, 9.17) is 4.42 Å². The smallest absolute Gasteiger partial charge is 0.247 e. The number of rotatable bonds is 4. The maximum absolute atomic E-state index is 13.5. The molecule has 0 aliphatic heterocycles. The summed E-state index contributed by atoms with van der Waals surface area (Å²) in [5.41, 5.74) is 0.794. The van der Waals surface area contributed by atoms with E-state index in [1.165, 1.54) is 0 Å². The van der Waals surface area contributed by atoms with E-state index in [0.717, 1.165) is 16.2 Å². The third-order valence-corrected chi connectivity index (χ3v) is 5.56. The fraction of sp³-hybridized carbons (Fsp3) is 0. The van der Waals surface area contributed by atoms with Gasteiger partial charge in [0.05, 0.1) is 12.5 Å². The van der Waals surface area contributed by atoms with Crippen LogP contribution in [-0.4, -0.2) is 6.21 Å². The second kappa shape index (κ2) is 5.94. The molecule has 0 spiro atoms. The van der Waals surface area contributed by atoms with E-state index in [9.17, 15) is 4.57 Å². The van der Waals surface area contributed by atoms with Crippen LogP contribution in [0.2, 0.25) is 0 Å². The normalized spacial score (nSPS) is 11.8. The maximum atomic E-state index is 13.5. The van der Waals surface area contributed by atoms with E-state index in [2.05, 4.69) is 4.76 Å². The first kappa shape index (κ1) is 13.6. The van der Waals surface area contributed by atoms with E-state index in [1.807, 2.05) is 60.7 Å². The van der Waals surface area contributed by atoms with Crippen molar-refractivity contribution in [2.75, 3.05) is 0 Å². The average Bonchev–Trinajstić information content (AvgIpc) is 3.08. The third-order valence-electron chi connectivity index (χ3n) is 3.12. The van der Waals surface area contributed by atoms with Gasteiger partial charge in [0.15, 0.2) is 0 Å². The molecule has 0 N–H and O–H groups in total. The lowest BCUT2D eigenvalue weighted by molar-refractivity contribution is 0.567. The molecule has 104 valence electrons. The highest BCUT2D eigenvalue weighted by Gasteiger charge is 2.25. The van der Waals surface area contributed by atoms with Crippen molar-refractivity contribution in [3.05, 3.63) is 84.8 Å². The van der Waals surface area contributed by atoms with Crippen molar-refractivity contribution in [2.24, 2.45) is 4.76 Å². The quantitative estimate of drug-likeness (QED) is 0.545. The summed E-state index contributed by atoms with van der Waals surface area (Å²) >= 11 is 0. The van der Waals surface area contributed by atoms with Crippen molar-refractivity contribution in [1.29, 1.82) is 0 Å². The van der Waals surface area contributed by atoms with Crippen molar-refractivity contribution >= 4 is 24.1 Å². The van der Waals surface area contributed by atoms with Crippen LogP contribution in [0, 0.1) is 0 Å². The molecule has 21 heavy (non-hydrogen) atoms. The van der Waals surface area contributed by atoms with Crippen LogP contribution in [0.5, 0.6) is 0 Å². The molecule has 1 aromatic heterocycles. The molecular weight excluding hydrogens is 281 g/mol. The molecule has 0 amide bonds. The molecule has 0 fully saturated rings. The van der Waals surface area contributed by atoms with Gasteiger partial charge in [0.2, 0.25) is 7.29 Å². The number of hydrogen-bond donors (Lipinski definition) is 0. The molecule has 0 aliphatic carbocycles. The molecule has 1 heterocycles. The Hall–Kier alpha value is -2.38. The fourth-order valence-electron chi connectivity index (χ4n) is 2.04. The number of furan rings is 1. The Bertz CT molecular complexity index is 722. The Morgan fingerprint density at radius 1 is 0.857 bits per heavy atom. The lowest BCUT2D eigenvalue weighted by Gasteiger charge is -2.14. The number of nitrogens with zero attached hydrogens (tertiary/aromatic N) is 1. The minimum absolute atomic E-state index is 0.718. The topological polar surface area (TPSA) is 42.6 Å². The summed E-state index contributed by atoms with van der Waals surface area (Å²) < 4.78 is 22.9. The van der Waals surface area contributed by atoms with Crippen LogP contribution < -0.4 is 10.6 Å². The van der Waals surface area contributed by atoms with Crippen molar-refractivity contribution in [1.82, 2.24) is 0 Å². The van der Waals surface area contributed by atoms with E-state index >= 15 is 0 Å². The van der Waals surface area contributed by atoms with E-state index in [-0.39, 0.29) is 0 Å². The first-order chi connectivity index (χ1) is 10.3. The number of hydrogen-bond acceptors (Lipinski definition) is 2. The average molecular weight is 295 g/mol. The molecule has 0 saturated carbocycles. The fourth-order valence-corrected chi connectivity index (χ4v) is 4.05. The van der Waals surface area contributed by atoms with E-state index in [0.29, 0.717) is 0 Å². The zero-order chi connectivity index (χ0) is 14.5. The van der Waals surface area contributed by atoms with Gasteiger partial charge in [-0.3, -0.25) is 4.57 Å². The summed E-state index contributed by atoms with van der Waals surface area (Å²) in [7, 11) is -3.04. The molecule has 0 saturated heterocycles. The zero-order valence-electron chi connectivity index (χ0n) is 11.3. The summed E-state index contributed by atoms with van der Waals surface area (Å²) in [6.07, 6.45) is 4.74. The zero-order valence-corrected chi connectivity index (χ0v) is 12.2. The van der Waals surface area contributed by atoms with Gasteiger partial charge in [-0.15, -0.1) is 0 Å². The highest BCUT2D eigenvalue weighted by atomic mass is 31.2. The summed E-state index contributed by atoms with van der Waals surface area (Å²) in [4.78, 5) is 0. The van der Waals surface area contributed by atoms with Crippen molar-refractivity contribution in [3.63, 3.8) is 0 Å². The van der Waals surface area contributed by atoms with E-state index < -0.39 is 7.29 Å². The van der Waals surface area contributed by atoms with Gasteiger partial charge in [-0.2, -0.15) is 0 Å². The molecule has 0 aliphatic rings. The van der Waals surface area contributed by atoms with Gasteiger partial charge in [0.1, 0.15) is 0 Å². The first-order valence-electron chi connectivity index (χ1n) is 6.58. The molecule has 3 nitrogen and oxygen atoms in total. The second-order valence-corrected chi connectivity index (χ2v) is 6.96. The molecule has 0 radical (unpaired) electrons. The summed E-state index contributed by atoms with van der Waals surface area (Å²) in [5.74, 6) is 0. The maximum Gasteiger partial charge on any atom is 0.247 e. The van der Waals surface area contributed by atoms with Crippen molar-refractivity contribution in [2.45, 2.75) is 0 Å². The SMILES string of the molecule is O=P(/N=C/c1ccoc1)(c1ccccc1)c1ccccc1. The Morgan fingerprint density at radius 3 is 1.90 bits per heavy atom. The highest BCUT2D eigenvalue weighted by molar-refractivity contribution is 7.77. The molecule has 0 unspecified atom stereocenters.